The number of oxazole rings is 1. The lowest BCUT2D eigenvalue weighted by Crippen LogP contribution is -2.19. The maximum absolute atomic E-state index is 13.0. The highest BCUT2D eigenvalue weighted by Crippen LogP contribution is 2.34. The molecule has 0 fully saturated rings. The third kappa shape index (κ3) is 3.10. The van der Waals surface area contributed by atoms with Gasteiger partial charge < -0.3 is 15.1 Å². The molecule has 3 aromatic rings. The highest BCUT2D eigenvalue weighted by atomic mass is 19.4. The Bertz CT molecular complexity index is 1010. The molecule has 134 valence electrons. The summed E-state index contributed by atoms with van der Waals surface area (Å²) in [6.45, 7) is 2.95. The molecule has 0 aliphatic carbocycles. The Morgan fingerprint density at radius 3 is 2.73 bits per heavy atom. The molecule has 0 unspecified atom stereocenters. The van der Waals surface area contributed by atoms with Crippen LogP contribution in [0.15, 0.2) is 45.8 Å². The van der Waals surface area contributed by atoms with E-state index in [4.69, 9.17) is 4.42 Å². The van der Waals surface area contributed by atoms with Crippen LogP contribution < -0.4 is 10.6 Å². The van der Waals surface area contributed by atoms with Crippen LogP contribution >= 0.6 is 0 Å². The smallest absolute Gasteiger partial charge is 0.416 e. The Hall–Kier alpha value is -3.03. The van der Waals surface area contributed by atoms with E-state index in [2.05, 4.69) is 20.6 Å². The minimum atomic E-state index is -4.41. The van der Waals surface area contributed by atoms with Crippen molar-refractivity contribution in [3.63, 3.8) is 0 Å². The normalized spacial score (nSPS) is 14.4. The van der Waals surface area contributed by atoms with E-state index < -0.39 is 11.7 Å². The molecule has 0 saturated carbocycles. The Morgan fingerprint density at radius 1 is 1.15 bits per heavy atom. The van der Waals surface area contributed by atoms with Crippen LogP contribution in [0.1, 0.15) is 16.7 Å². The number of halogens is 3. The quantitative estimate of drug-likeness (QED) is 0.733. The van der Waals surface area contributed by atoms with Gasteiger partial charge in [0.15, 0.2) is 5.58 Å². The van der Waals surface area contributed by atoms with Crippen LogP contribution in [0, 0.1) is 6.92 Å². The lowest BCUT2D eigenvalue weighted by atomic mass is 10.1. The van der Waals surface area contributed by atoms with Crippen molar-refractivity contribution in [1.82, 2.24) is 10.3 Å². The average Bonchev–Trinajstić information content (AvgIpc) is 3.23. The Balaban J connectivity index is 1.63. The first-order valence-corrected chi connectivity index (χ1v) is 8.04. The number of alkyl halides is 3. The van der Waals surface area contributed by atoms with Crippen LogP contribution in [-0.4, -0.2) is 23.9 Å². The second-order valence-corrected chi connectivity index (χ2v) is 6.01. The number of hydrogen-bond donors (Lipinski definition) is 2. The van der Waals surface area contributed by atoms with Gasteiger partial charge in [-0.2, -0.15) is 18.2 Å². The number of benzene rings is 2. The van der Waals surface area contributed by atoms with E-state index in [-0.39, 0.29) is 17.3 Å². The van der Waals surface area contributed by atoms with Gasteiger partial charge in [-0.25, -0.2) is 0 Å². The Morgan fingerprint density at radius 2 is 2.00 bits per heavy atom. The van der Waals surface area contributed by atoms with Crippen LogP contribution in [0.2, 0.25) is 0 Å². The molecule has 0 bridgehead atoms. The predicted molar refractivity (Wildman–Crippen MR) is 92.9 cm³/mol. The zero-order valence-electron chi connectivity index (χ0n) is 13.8. The summed E-state index contributed by atoms with van der Waals surface area (Å²) >= 11 is 0. The number of rotatable bonds is 3. The maximum atomic E-state index is 13.0. The highest BCUT2D eigenvalue weighted by molar-refractivity contribution is 6.01. The van der Waals surface area contributed by atoms with Gasteiger partial charge in [0.2, 0.25) is 0 Å². The number of nitrogens with zero attached hydrogens (tertiary/aromatic N) is 2. The van der Waals surface area contributed by atoms with Gasteiger partial charge in [-0.15, -0.1) is 0 Å². The van der Waals surface area contributed by atoms with Crippen LogP contribution in [0.4, 0.5) is 24.9 Å². The number of anilines is 2. The second-order valence-electron chi connectivity index (χ2n) is 6.01. The van der Waals surface area contributed by atoms with E-state index in [9.17, 15) is 13.2 Å². The molecule has 0 saturated heterocycles. The summed E-state index contributed by atoms with van der Waals surface area (Å²) in [4.78, 5) is 8.62. The molecule has 2 aromatic carbocycles. The standard InChI is InChI=1S/C18H15F3N4O/c1-10-2-4-12(9-13(10)18(19,20)21)24-17-25-14-5-3-11(8-15(14)26-17)16-22-6-7-23-16/h2-5,8-9H,6-7H2,1H3,(H,22,23)(H,24,25). The highest BCUT2D eigenvalue weighted by Gasteiger charge is 2.32. The fraction of sp³-hybridized carbons (Fsp3) is 0.222. The minimum absolute atomic E-state index is 0.135. The van der Waals surface area contributed by atoms with Gasteiger partial charge in [0.05, 0.1) is 12.1 Å². The van der Waals surface area contributed by atoms with Crippen LogP contribution in [0.3, 0.4) is 0 Å². The molecule has 8 heteroatoms. The van der Waals surface area contributed by atoms with Gasteiger partial charge in [0.25, 0.3) is 6.01 Å². The first kappa shape index (κ1) is 16.4. The van der Waals surface area contributed by atoms with Gasteiger partial charge in [0, 0.05) is 17.8 Å². The van der Waals surface area contributed by atoms with Crippen molar-refractivity contribution in [3.8, 4) is 0 Å². The number of amidine groups is 1. The number of hydrogen-bond acceptors (Lipinski definition) is 5. The molecule has 2 N–H and O–H groups in total. The Kier molecular flexibility index (Phi) is 3.82. The summed E-state index contributed by atoms with van der Waals surface area (Å²) < 4.78 is 44.8. The van der Waals surface area contributed by atoms with E-state index in [0.717, 1.165) is 30.6 Å². The van der Waals surface area contributed by atoms with Crippen molar-refractivity contribution >= 4 is 28.6 Å². The molecule has 4 rings (SSSR count). The fourth-order valence-electron chi connectivity index (χ4n) is 2.85. The molecule has 0 radical (unpaired) electrons. The first-order chi connectivity index (χ1) is 12.4. The van der Waals surface area contributed by atoms with Crippen molar-refractivity contribution in [2.45, 2.75) is 13.1 Å². The SMILES string of the molecule is Cc1ccc(Nc2nc3ccc(C4=NCCN4)cc3o2)cc1C(F)(F)F. The number of aryl methyl sites for hydroxylation is 1. The van der Waals surface area contributed by atoms with Crippen molar-refractivity contribution in [2.24, 2.45) is 4.99 Å². The monoisotopic (exact) mass is 360 g/mol. The van der Waals surface area contributed by atoms with Crippen LogP contribution in [0.25, 0.3) is 11.1 Å². The summed E-state index contributed by atoms with van der Waals surface area (Å²) in [5.41, 5.74) is 1.76. The molecule has 0 spiro atoms. The molecule has 0 amide bonds. The average molecular weight is 360 g/mol. The van der Waals surface area contributed by atoms with E-state index in [1.165, 1.54) is 13.0 Å². The van der Waals surface area contributed by atoms with Gasteiger partial charge in [-0.1, -0.05) is 6.07 Å². The molecule has 5 nitrogen and oxygen atoms in total. The second kappa shape index (κ2) is 6.05. The molecule has 1 aliphatic rings. The minimum Gasteiger partial charge on any atom is -0.423 e. The molecule has 26 heavy (non-hydrogen) atoms. The summed E-state index contributed by atoms with van der Waals surface area (Å²) in [5.74, 6) is 0.797. The molecular formula is C18H15F3N4O. The number of aliphatic imine (C=N–C) groups is 1. The van der Waals surface area contributed by atoms with Crippen LogP contribution in [-0.2, 0) is 6.18 Å². The number of nitrogens with one attached hydrogen (secondary N) is 2. The van der Waals surface area contributed by atoms with E-state index >= 15 is 0 Å². The zero-order chi connectivity index (χ0) is 18.3. The molecule has 1 aliphatic heterocycles. The number of aromatic nitrogens is 1. The molecular weight excluding hydrogens is 345 g/mol. The van der Waals surface area contributed by atoms with Gasteiger partial charge in [-0.3, -0.25) is 4.99 Å². The summed E-state index contributed by atoms with van der Waals surface area (Å²) in [6.07, 6.45) is -4.41. The lowest BCUT2D eigenvalue weighted by molar-refractivity contribution is -0.138. The van der Waals surface area contributed by atoms with E-state index in [1.807, 2.05) is 6.07 Å². The van der Waals surface area contributed by atoms with E-state index in [1.54, 1.807) is 18.2 Å². The van der Waals surface area contributed by atoms with Crippen LogP contribution in [0.5, 0.6) is 0 Å². The topological polar surface area (TPSA) is 62.5 Å². The van der Waals surface area contributed by atoms with Crippen molar-refractivity contribution < 1.29 is 17.6 Å². The Labute approximate surface area is 146 Å². The van der Waals surface area contributed by atoms with Gasteiger partial charge in [-0.05, 0) is 42.8 Å². The first-order valence-electron chi connectivity index (χ1n) is 8.04. The summed E-state index contributed by atoms with van der Waals surface area (Å²) in [7, 11) is 0. The zero-order valence-corrected chi connectivity index (χ0v) is 13.8. The lowest BCUT2D eigenvalue weighted by Gasteiger charge is -2.12. The number of fused-ring (bicyclic) bond motifs is 1. The maximum Gasteiger partial charge on any atom is 0.416 e. The third-order valence-electron chi connectivity index (χ3n) is 4.13. The molecule has 0 atom stereocenters. The van der Waals surface area contributed by atoms with Crippen molar-refractivity contribution in [3.05, 3.63) is 53.1 Å². The van der Waals surface area contributed by atoms with E-state index in [0.29, 0.717) is 11.1 Å². The predicted octanol–water partition coefficient (Wildman–Crippen LogP) is 4.25. The van der Waals surface area contributed by atoms with Crippen molar-refractivity contribution in [1.29, 1.82) is 0 Å². The van der Waals surface area contributed by atoms with Gasteiger partial charge >= 0.3 is 6.18 Å². The largest absolute Gasteiger partial charge is 0.423 e. The van der Waals surface area contributed by atoms with Crippen molar-refractivity contribution in [2.75, 3.05) is 18.4 Å². The third-order valence-corrected chi connectivity index (χ3v) is 4.13. The summed E-state index contributed by atoms with van der Waals surface area (Å²) in [5, 5.41) is 5.97. The summed E-state index contributed by atoms with van der Waals surface area (Å²) in [6, 6.07) is 9.62. The molecule has 2 heterocycles. The fourth-order valence-corrected chi connectivity index (χ4v) is 2.85. The van der Waals surface area contributed by atoms with Gasteiger partial charge in [0.1, 0.15) is 11.4 Å². The molecule has 1 aromatic heterocycles.